The van der Waals surface area contributed by atoms with Gasteiger partial charge in [-0.15, -0.1) is 0 Å². The standard InChI is InChI=1S/C8H17NO/c9-6-8(10)5-7-3-1-2-4-7/h7-8,10H,1-6,9H2/t8-/m1/s1. The summed E-state index contributed by atoms with van der Waals surface area (Å²) < 4.78 is 0. The first-order valence-corrected chi connectivity index (χ1v) is 4.21. The van der Waals surface area contributed by atoms with Crippen molar-refractivity contribution in [1.29, 1.82) is 0 Å². The molecule has 0 radical (unpaired) electrons. The van der Waals surface area contributed by atoms with Crippen LogP contribution < -0.4 is 5.73 Å². The molecule has 1 fully saturated rings. The van der Waals surface area contributed by atoms with Crippen LogP contribution in [0.1, 0.15) is 32.1 Å². The van der Waals surface area contributed by atoms with Crippen LogP contribution in [0.5, 0.6) is 0 Å². The lowest BCUT2D eigenvalue weighted by atomic mass is 10.0. The largest absolute Gasteiger partial charge is 0.392 e. The molecule has 0 spiro atoms. The number of hydrogen-bond donors (Lipinski definition) is 2. The second kappa shape index (κ2) is 3.94. The lowest BCUT2D eigenvalue weighted by Crippen LogP contribution is -2.21. The SMILES string of the molecule is NC[C@H](O)CC1CCCC1. The van der Waals surface area contributed by atoms with Crippen LogP contribution in [0.15, 0.2) is 0 Å². The van der Waals surface area contributed by atoms with Gasteiger partial charge in [0.15, 0.2) is 0 Å². The van der Waals surface area contributed by atoms with E-state index in [4.69, 9.17) is 5.73 Å². The number of hydrogen-bond acceptors (Lipinski definition) is 2. The minimum Gasteiger partial charge on any atom is -0.392 e. The minimum absolute atomic E-state index is 0.247. The van der Waals surface area contributed by atoms with Crippen molar-refractivity contribution in [2.75, 3.05) is 6.54 Å². The third-order valence-electron chi connectivity index (χ3n) is 2.35. The fourth-order valence-corrected chi connectivity index (χ4v) is 1.73. The molecule has 0 aromatic heterocycles. The summed E-state index contributed by atoms with van der Waals surface area (Å²) in [5.41, 5.74) is 5.30. The fraction of sp³-hybridized carbons (Fsp3) is 1.00. The molecular weight excluding hydrogens is 126 g/mol. The molecule has 1 saturated carbocycles. The molecule has 0 aromatic rings. The van der Waals surface area contributed by atoms with Gasteiger partial charge in [0.05, 0.1) is 6.10 Å². The van der Waals surface area contributed by atoms with Crippen molar-refractivity contribution in [2.24, 2.45) is 11.7 Å². The Morgan fingerprint density at radius 3 is 2.50 bits per heavy atom. The molecule has 3 N–H and O–H groups in total. The topological polar surface area (TPSA) is 46.2 Å². The van der Waals surface area contributed by atoms with Crippen molar-refractivity contribution >= 4 is 0 Å². The van der Waals surface area contributed by atoms with Gasteiger partial charge in [-0.2, -0.15) is 0 Å². The minimum atomic E-state index is -0.247. The van der Waals surface area contributed by atoms with Crippen LogP contribution in [-0.4, -0.2) is 17.8 Å². The van der Waals surface area contributed by atoms with Gasteiger partial charge in [0.1, 0.15) is 0 Å². The molecule has 0 bridgehead atoms. The predicted molar refractivity (Wildman–Crippen MR) is 41.6 cm³/mol. The maximum Gasteiger partial charge on any atom is 0.0665 e. The van der Waals surface area contributed by atoms with Gasteiger partial charge in [-0.3, -0.25) is 0 Å². The molecule has 0 amide bonds. The summed E-state index contributed by atoms with van der Waals surface area (Å²) in [6.07, 6.45) is 5.98. The van der Waals surface area contributed by atoms with Crippen LogP contribution in [0.3, 0.4) is 0 Å². The Balaban J connectivity index is 2.11. The third kappa shape index (κ3) is 2.27. The molecular formula is C8H17NO. The molecule has 10 heavy (non-hydrogen) atoms. The lowest BCUT2D eigenvalue weighted by molar-refractivity contribution is 0.150. The van der Waals surface area contributed by atoms with E-state index in [-0.39, 0.29) is 6.10 Å². The molecule has 1 atom stereocenters. The monoisotopic (exact) mass is 143 g/mol. The van der Waals surface area contributed by atoms with Gasteiger partial charge in [-0.1, -0.05) is 25.7 Å². The van der Waals surface area contributed by atoms with Crippen molar-refractivity contribution in [3.63, 3.8) is 0 Å². The Kier molecular flexibility index (Phi) is 3.16. The summed E-state index contributed by atoms with van der Waals surface area (Å²) in [5.74, 6) is 0.763. The van der Waals surface area contributed by atoms with E-state index in [2.05, 4.69) is 0 Å². The second-order valence-electron chi connectivity index (χ2n) is 3.28. The van der Waals surface area contributed by atoms with Gasteiger partial charge in [-0.05, 0) is 12.3 Å². The van der Waals surface area contributed by atoms with Crippen LogP contribution >= 0.6 is 0 Å². The molecule has 2 heteroatoms. The fourth-order valence-electron chi connectivity index (χ4n) is 1.73. The highest BCUT2D eigenvalue weighted by atomic mass is 16.3. The van der Waals surface area contributed by atoms with E-state index in [0.29, 0.717) is 6.54 Å². The van der Waals surface area contributed by atoms with E-state index in [9.17, 15) is 5.11 Å². The van der Waals surface area contributed by atoms with Gasteiger partial charge in [0, 0.05) is 6.54 Å². The van der Waals surface area contributed by atoms with E-state index in [0.717, 1.165) is 12.3 Å². The summed E-state index contributed by atoms with van der Waals surface area (Å²) in [6.45, 7) is 0.427. The van der Waals surface area contributed by atoms with E-state index in [1.807, 2.05) is 0 Å². The van der Waals surface area contributed by atoms with Gasteiger partial charge in [0.2, 0.25) is 0 Å². The first kappa shape index (κ1) is 8.02. The highest BCUT2D eigenvalue weighted by Crippen LogP contribution is 2.28. The summed E-state index contributed by atoms with van der Waals surface area (Å²) >= 11 is 0. The zero-order valence-corrected chi connectivity index (χ0v) is 6.42. The molecule has 0 heterocycles. The van der Waals surface area contributed by atoms with Crippen LogP contribution in [0.4, 0.5) is 0 Å². The van der Waals surface area contributed by atoms with Gasteiger partial charge in [-0.25, -0.2) is 0 Å². The third-order valence-corrected chi connectivity index (χ3v) is 2.35. The molecule has 1 rings (SSSR count). The number of nitrogens with two attached hydrogens (primary N) is 1. The average molecular weight is 143 g/mol. The Hall–Kier alpha value is -0.0800. The van der Waals surface area contributed by atoms with Gasteiger partial charge < -0.3 is 10.8 Å². The molecule has 0 aliphatic heterocycles. The van der Waals surface area contributed by atoms with Crippen molar-refractivity contribution in [1.82, 2.24) is 0 Å². The molecule has 0 saturated heterocycles. The molecule has 0 aromatic carbocycles. The Morgan fingerprint density at radius 1 is 1.40 bits per heavy atom. The highest BCUT2D eigenvalue weighted by Gasteiger charge is 2.17. The smallest absolute Gasteiger partial charge is 0.0665 e. The van der Waals surface area contributed by atoms with Gasteiger partial charge >= 0.3 is 0 Å². The Morgan fingerprint density at radius 2 is 2.00 bits per heavy atom. The van der Waals surface area contributed by atoms with Crippen molar-refractivity contribution in [2.45, 2.75) is 38.2 Å². The van der Waals surface area contributed by atoms with Crippen molar-refractivity contribution < 1.29 is 5.11 Å². The van der Waals surface area contributed by atoms with Crippen molar-refractivity contribution in [3.05, 3.63) is 0 Å². The normalized spacial score (nSPS) is 23.4. The predicted octanol–water partition coefficient (Wildman–Crippen LogP) is 0.886. The number of aliphatic hydroxyl groups excluding tert-OH is 1. The van der Waals surface area contributed by atoms with E-state index in [1.54, 1.807) is 0 Å². The first-order chi connectivity index (χ1) is 4.83. The zero-order chi connectivity index (χ0) is 7.40. The molecule has 1 aliphatic rings. The zero-order valence-electron chi connectivity index (χ0n) is 6.42. The maximum absolute atomic E-state index is 9.19. The maximum atomic E-state index is 9.19. The summed E-state index contributed by atoms with van der Waals surface area (Å²) in [4.78, 5) is 0. The van der Waals surface area contributed by atoms with Crippen LogP contribution in [0.2, 0.25) is 0 Å². The van der Waals surface area contributed by atoms with Crippen LogP contribution in [-0.2, 0) is 0 Å². The van der Waals surface area contributed by atoms with E-state index in [1.165, 1.54) is 25.7 Å². The lowest BCUT2D eigenvalue weighted by Gasteiger charge is -2.12. The Labute approximate surface area is 62.4 Å². The Bertz CT molecular complexity index is 89.3. The van der Waals surface area contributed by atoms with E-state index < -0.39 is 0 Å². The molecule has 0 unspecified atom stereocenters. The number of rotatable bonds is 3. The summed E-state index contributed by atoms with van der Waals surface area (Å²) in [6, 6.07) is 0. The highest BCUT2D eigenvalue weighted by molar-refractivity contribution is 4.71. The van der Waals surface area contributed by atoms with E-state index >= 15 is 0 Å². The van der Waals surface area contributed by atoms with Gasteiger partial charge in [0.25, 0.3) is 0 Å². The second-order valence-corrected chi connectivity index (χ2v) is 3.28. The van der Waals surface area contributed by atoms with Crippen molar-refractivity contribution in [3.8, 4) is 0 Å². The molecule has 2 nitrogen and oxygen atoms in total. The van der Waals surface area contributed by atoms with Crippen LogP contribution in [0, 0.1) is 5.92 Å². The molecule has 60 valence electrons. The summed E-state index contributed by atoms with van der Waals surface area (Å²) in [7, 11) is 0. The molecule has 1 aliphatic carbocycles. The first-order valence-electron chi connectivity index (χ1n) is 4.21. The summed E-state index contributed by atoms with van der Waals surface area (Å²) in [5, 5.41) is 9.19. The number of aliphatic hydroxyl groups is 1. The van der Waals surface area contributed by atoms with Crippen LogP contribution in [0.25, 0.3) is 0 Å². The quantitative estimate of drug-likeness (QED) is 0.616. The average Bonchev–Trinajstić information content (AvgIpc) is 2.40.